The van der Waals surface area contributed by atoms with E-state index in [1.54, 1.807) is 7.11 Å². The molecule has 3 heteroatoms. The van der Waals surface area contributed by atoms with Gasteiger partial charge in [-0.25, -0.2) is 0 Å². The Bertz CT molecular complexity index is 619. The molecule has 2 aromatic carbocycles. The maximum atomic E-state index is 11.7. The van der Waals surface area contributed by atoms with Crippen LogP contribution in [0.4, 0.5) is 0 Å². The molecule has 0 saturated carbocycles. The van der Waals surface area contributed by atoms with E-state index in [1.165, 1.54) is 5.56 Å². The minimum absolute atomic E-state index is 0.0357. The highest BCUT2D eigenvalue weighted by Gasteiger charge is 2.37. The number of ether oxygens (including phenoxy) is 1. The molecule has 0 aromatic heterocycles. The molecule has 0 heterocycles. The zero-order valence-electron chi connectivity index (χ0n) is 14.7. The van der Waals surface area contributed by atoms with Crippen molar-refractivity contribution in [3.63, 3.8) is 0 Å². The molecule has 0 spiro atoms. The van der Waals surface area contributed by atoms with Crippen molar-refractivity contribution < 1.29 is 9.84 Å². The van der Waals surface area contributed by atoms with Crippen LogP contribution in [0.1, 0.15) is 23.6 Å². The standard InChI is InChI=1S/C20H27NO2/c1-15-6-8-17(9-7-15)20(22,16(2)14-21(3)4)18-10-12-19(23-5)13-11-18/h6-13,16,22H,14H2,1-5H3/t16-,20+/m0/s1. The van der Waals surface area contributed by atoms with E-state index < -0.39 is 5.60 Å². The molecule has 0 fully saturated rings. The van der Waals surface area contributed by atoms with E-state index in [9.17, 15) is 5.11 Å². The van der Waals surface area contributed by atoms with E-state index in [0.717, 1.165) is 23.4 Å². The first-order valence-electron chi connectivity index (χ1n) is 7.96. The summed E-state index contributed by atoms with van der Waals surface area (Å²) < 4.78 is 5.24. The minimum Gasteiger partial charge on any atom is -0.497 e. The van der Waals surface area contributed by atoms with E-state index in [4.69, 9.17) is 4.74 Å². The van der Waals surface area contributed by atoms with Crippen molar-refractivity contribution in [2.24, 2.45) is 5.92 Å². The van der Waals surface area contributed by atoms with Crippen LogP contribution >= 0.6 is 0 Å². The van der Waals surface area contributed by atoms with Crippen molar-refractivity contribution in [2.75, 3.05) is 27.7 Å². The van der Waals surface area contributed by atoms with Crippen LogP contribution in [0.5, 0.6) is 5.75 Å². The molecule has 0 aliphatic rings. The summed E-state index contributed by atoms with van der Waals surface area (Å²) in [5, 5.41) is 11.7. The number of hydrogen-bond donors (Lipinski definition) is 1. The van der Waals surface area contributed by atoms with Gasteiger partial charge >= 0.3 is 0 Å². The minimum atomic E-state index is -1.04. The van der Waals surface area contributed by atoms with Gasteiger partial charge in [-0.2, -0.15) is 0 Å². The Morgan fingerprint density at radius 1 is 1.00 bits per heavy atom. The van der Waals surface area contributed by atoms with Crippen molar-refractivity contribution in [1.29, 1.82) is 0 Å². The van der Waals surface area contributed by atoms with Gasteiger partial charge in [0.05, 0.1) is 7.11 Å². The Labute approximate surface area is 139 Å². The first-order chi connectivity index (χ1) is 10.9. The molecule has 124 valence electrons. The predicted octanol–water partition coefficient (Wildman–Crippen LogP) is 3.44. The molecule has 23 heavy (non-hydrogen) atoms. The maximum Gasteiger partial charge on any atom is 0.118 e. The Kier molecular flexibility index (Phi) is 5.45. The lowest BCUT2D eigenvalue weighted by molar-refractivity contribution is 0.0134. The fourth-order valence-corrected chi connectivity index (χ4v) is 3.07. The third kappa shape index (κ3) is 3.74. The average Bonchev–Trinajstić information content (AvgIpc) is 2.54. The largest absolute Gasteiger partial charge is 0.497 e. The van der Waals surface area contributed by atoms with Gasteiger partial charge in [-0.1, -0.05) is 48.9 Å². The van der Waals surface area contributed by atoms with Gasteiger partial charge in [-0.05, 0) is 44.3 Å². The van der Waals surface area contributed by atoms with Crippen molar-refractivity contribution in [2.45, 2.75) is 19.4 Å². The molecule has 0 aliphatic heterocycles. The van der Waals surface area contributed by atoms with Crippen LogP contribution in [-0.2, 0) is 5.60 Å². The van der Waals surface area contributed by atoms with Gasteiger partial charge in [0.25, 0.3) is 0 Å². The summed E-state index contributed by atoms with van der Waals surface area (Å²) in [5.41, 5.74) is 1.95. The smallest absolute Gasteiger partial charge is 0.118 e. The molecule has 0 bridgehead atoms. The van der Waals surface area contributed by atoms with Crippen LogP contribution in [-0.4, -0.2) is 37.8 Å². The summed E-state index contributed by atoms with van der Waals surface area (Å²) >= 11 is 0. The SMILES string of the molecule is COc1ccc([C@](O)(c2ccc(C)cc2)[C@@H](C)CN(C)C)cc1. The molecule has 0 saturated heterocycles. The second-order valence-electron chi connectivity index (χ2n) is 6.52. The Balaban J connectivity index is 2.50. The first-order valence-corrected chi connectivity index (χ1v) is 7.96. The van der Waals surface area contributed by atoms with E-state index in [2.05, 4.69) is 18.7 Å². The summed E-state index contributed by atoms with van der Waals surface area (Å²) in [4.78, 5) is 2.10. The average molecular weight is 313 g/mol. The molecular weight excluding hydrogens is 286 g/mol. The van der Waals surface area contributed by atoms with Gasteiger partial charge < -0.3 is 14.7 Å². The monoisotopic (exact) mass is 313 g/mol. The number of benzene rings is 2. The van der Waals surface area contributed by atoms with Crippen LogP contribution in [0.2, 0.25) is 0 Å². The highest BCUT2D eigenvalue weighted by Crippen LogP contribution is 2.37. The van der Waals surface area contributed by atoms with Crippen molar-refractivity contribution in [3.05, 3.63) is 65.2 Å². The van der Waals surface area contributed by atoms with Gasteiger partial charge in [0.15, 0.2) is 0 Å². The predicted molar refractivity (Wildman–Crippen MR) is 94.9 cm³/mol. The Hall–Kier alpha value is -1.84. The maximum absolute atomic E-state index is 11.7. The van der Waals surface area contributed by atoms with Gasteiger partial charge in [-0.3, -0.25) is 0 Å². The number of methoxy groups -OCH3 is 1. The molecule has 0 radical (unpaired) electrons. The summed E-state index contributed by atoms with van der Waals surface area (Å²) in [7, 11) is 5.70. The van der Waals surface area contributed by atoms with Gasteiger partial charge in [0.1, 0.15) is 11.4 Å². The fourth-order valence-electron chi connectivity index (χ4n) is 3.07. The summed E-state index contributed by atoms with van der Waals surface area (Å²) in [6.07, 6.45) is 0. The molecule has 2 aromatic rings. The van der Waals surface area contributed by atoms with Gasteiger partial charge in [0, 0.05) is 12.5 Å². The molecular formula is C20H27NO2. The van der Waals surface area contributed by atoms with E-state index >= 15 is 0 Å². The lowest BCUT2D eigenvalue weighted by Crippen LogP contribution is -2.40. The zero-order valence-corrected chi connectivity index (χ0v) is 14.7. The molecule has 0 amide bonds. The van der Waals surface area contributed by atoms with Gasteiger partial charge in [-0.15, -0.1) is 0 Å². The lowest BCUT2D eigenvalue weighted by Gasteiger charge is -2.37. The number of hydrogen-bond acceptors (Lipinski definition) is 3. The molecule has 2 rings (SSSR count). The highest BCUT2D eigenvalue weighted by molar-refractivity contribution is 5.40. The van der Waals surface area contributed by atoms with Crippen molar-refractivity contribution in [1.82, 2.24) is 4.90 Å². The second kappa shape index (κ2) is 7.16. The summed E-state index contributed by atoms with van der Waals surface area (Å²) in [5.74, 6) is 0.828. The number of aryl methyl sites for hydroxylation is 1. The second-order valence-corrected chi connectivity index (χ2v) is 6.52. The van der Waals surface area contributed by atoms with Crippen LogP contribution in [0.15, 0.2) is 48.5 Å². The normalized spacial score (nSPS) is 15.3. The van der Waals surface area contributed by atoms with E-state index in [1.807, 2.05) is 62.6 Å². The molecule has 2 atom stereocenters. The summed E-state index contributed by atoms with van der Waals surface area (Å²) in [6, 6.07) is 15.8. The van der Waals surface area contributed by atoms with Crippen LogP contribution in [0.3, 0.4) is 0 Å². The third-order valence-corrected chi connectivity index (χ3v) is 4.37. The molecule has 3 nitrogen and oxygen atoms in total. The Morgan fingerprint density at radius 2 is 1.48 bits per heavy atom. The van der Waals surface area contributed by atoms with E-state index in [0.29, 0.717) is 0 Å². The molecule has 0 aliphatic carbocycles. The first kappa shape index (κ1) is 17.5. The van der Waals surface area contributed by atoms with Crippen molar-refractivity contribution in [3.8, 4) is 5.75 Å². The highest BCUT2D eigenvalue weighted by atomic mass is 16.5. The number of nitrogens with zero attached hydrogens (tertiary/aromatic N) is 1. The third-order valence-electron chi connectivity index (χ3n) is 4.37. The number of aliphatic hydroxyl groups is 1. The molecule has 1 N–H and O–H groups in total. The Morgan fingerprint density at radius 3 is 1.91 bits per heavy atom. The van der Waals surface area contributed by atoms with Gasteiger partial charge in [0.2, 0.25) is 0 Å². The summed E-state index contributed by atoms with van der Waals surface area (Å²) in [6.45, 7) is 4.93. The van der Waals surface area contributed by atoms with Crippen molar-refractivity contribution >= 4 is 0 Å². The quantitative estimate of drug-likeness (QED) is 0.887. The lowest BCUT2D eigenvalue weighted by atomic mass is 9.76. The van der Waals surface area contributed by atoms with Crippen LogP contribution in [0, 0.1) is 12.8 Å². The van der Waals surface area contributed by atoms with Crippen LogP contribution in [0.25, 0.3) is 0 Å². The topological polar surface area (TPSA) is 32.7 Å². The fraction of sp³-hybridized carbons (Fsp3) is 0.400. The molecule has 0 unspecified atom stereocenters. The number of rotatable bonds is 6. The van der Waals surface area contributed by atoms with Crippen LogP contribution < -0.4 is 4.74 Å². The zero-order chi connectivity index (χ0) is 17.0. The van der Waals surface area contributed by atoms with E-state index in [-0.39, 0.29) is 5.92 Å².